The lowest BCUT2D eigenvalue weighted by Crippen LogP contribution is -1.97. The standard InChI is InChI=1S/C18H14BrNO2/c1-11-2-4-12(5-3-11)6-9-15-17(18(21)22)14-8-7-13(19)10-16(14)20-15/h2-10,20H,1H3,(H,21,22)/b9-6+. The van der Waals surface area contributed by atoms with E-state index in [0.29, 0.717) is 16.6 Å². The molecule has 1 heterocycles. The summed E-state index contributed by atoms with van der Waals surface area (Å²) in [6.07, 6.45) is 3.72. The number of aromatic nitrogens is 1. The molecule has 0 fully saturated rings. The van der Waals surface area contributed by atoms with Gasteiger partial charge in [0.15, 0.2) is 0 Å². The van der Waals surface area contributed by atoms with Crippen molar-refractivity contribution in [3.05, 3.63) is 69.3 Å². The topological polar surface area (TPSA) is 53.1 Å². The zero-order valence-electron chi connectivity index (χ0n) is 11.9. The van der Waals surface area contributed by atoms with Crippen LogP contribution in [0.5, 0.6) is 0 Å². The van der Waals surface area contributed by atoms with E-state index in [0.717, 1.165) is 15.6 Å². The molecule has 110 valence electrons. The van der Waals surface area contributed by atoms with Crippen LogP contribution >= 0.6 is 15.9 Å². The number of halogens is 1. The molecule has 4 heteroatoms. The molecule has 0 bridgehead atoms. The van der Waals surface area contributed by atoms with Crippen molar-refractivity contribution in [1.29, 1.82) is 0 Å². The fourth-order valence-electron chi connectivity index (χ4n) is 2.40. The fourth-order valence-corrected chi connectivity index (χ4v) is 2.76. The number of benzene rings is 2. The molecule has 0 aliphatic carbocycles. The normalized spacial score (nSPS) is 11.4. The Kier molecular flexibility index (Phi) is 3.86. The first-order valence-electron chi connectivity index (χ1n) is 6.84. The van der Waals surface area contributed by atoms with Gasteiger partial charge in [0.1, 0.15) is 0 Å². The first-order valence-corrected chi connectivity index (χ1v) is 7.63. The van der Waals surface area contributed by atoms with E-state index in [4.69, 9.17) is 0 Å². The van der Waals surface area contributed by atoms with Crippen molar-refractivity contribution in [2.24, 2.45) is 0 Å². The van der Waals surface area contributed by atoms with Crippen molar-refractivity contribution in [1.82, 2.24) is 4.98 Å². The fraction of sp³-hybridized carbons (Fsp3) is 0.0556. The Morgan fingerprint density at radius 1 is 1.14 bits per heavy atom. The van der Waals surface area contributed by atoms with Crippen LogP contribution in [0, 0.1) is 6.92 Å². The highest BCUT2D eigenvalue weighted by atomic mass is 79.9. The molecule has 0 amide bonds. The highest BCUT2D eigenvalue weighted by Gasteiger charge is 2.16. The Morgan fingerprint density at radius 2 is 1.86 bits per heavy atom. The molecule has 1 aromatic heterocycles. The molecule has 0 radical (unpaired) electrons. The van der Waals surface area contributed by atoms with Crippen molar-refractivity contribution in [3.63, 3.8) is 0 Å². The predicted molar refractivity (Wildman–Crippen MR) is 93.1 cm³/mol. The monoisotopic (exact) mass is 355 g/mol. The van der Waals surface area contributed by atoms with E-state index in [1.54, 1.807) is 0 Å². The molecule has 2 N–H and O–H groups in total. The Bertz CT molecular complexity index is 876. The number of nitrogens with one attached hydrogen (secondary N) is 1. The Labute approximate surface area is 136 Å². The van der Waals surface area contributed by atoms with Crippen LogP contribution < -0.4 is 0 Å². The lowest BCUT2D eigenvalue weighted by atomic mass is 10.1. The molecule has 0 atom stereocenters. The number of H-pyrrole nitrogens is 1. The summed E-state index contributed by atoms with van der Waals surface area (Å²) in [6, 6.07) is 13.6. The summed E-state index contributed by atoms with van der Waals surface area (Å²) in [4.78, 5) is 14.7. The number of hydrogen-bond acceptors (Lipinski definition) is 1. The van der Waals surface area contributed by atoms with Gasteiger partial charge in [-0.05, 0) is 30.7 Å². The smallest absolute Gasteiger partial charge is 0.338 e. The number of carboxylic acids is 1. The molecule has 0 aliphatic rings. The highest BCUT2D eigenvalue weighted by Crippen LogP contribution is 2.27. The molecule has 22 heavy (non-hydrogen) atoms. The second-order valence-corrected chi connectivity index (χ2v) is 6.07. The van der Waals surface area contributed by atoms with Gasteiger partial charge < -0.3 is 10.1 Å². The minimum atomic E-state index is -0.933. The van der Waals surface area contributed by atoms with Crippen molar-refractivity contribution < 1.29 is 9.90 Å². The third-order valence-electron chi connectivity index (χ3n) is 3.52. The van der Waals surface area contributed by atoms with Crippen molar-refractivity contribution >= 4 is 45.0 Å². The van der Waals surface area contributed by atoms with E-state index in [9.17, 15) is 9.90 Å². The second kappa shape index (κ2) is 5.81. The van der Waals surface area contributed by atoms with Crippen molar-refractivity contribution in [3.8, 4) is 0 Å². The summed E-state index contributed by atoms with van der Waals surface area (Å²) in [6.45, 7) is 2.03. The van der Waals surface area contributed by atoms with Gasteiger partial charge in [0.2, 0.25) is 0 Å². The first kappa shape index (κ1) is 14.6. The zero-order valence-corrected chi connectivity index (χ0v) is 13.5. The molecule has 0 aliphatic heterocycles. The number of carboxylic acid groups (broad SMARTS) is 1. The van der Waals surface area contributed by atoms with Crippen LogP contribution in [-0.4, -0.2) is 16.1 Å². The summed E-state index contributed by atoms with van der Waals surface area (Å²) in [5.74, 6) is -0.933. The van der Waals surface area contributed by atoms with Crippen molar-refractivity contribution in [2.45, 2.75) is 6.92 Å². The first-order chi connectivity index (χ1) is 10.5. The van der Waals surface area contributed by atoms with Crippen LogP contribution in [0.15, 0.2) is 46.9 Å². The number of aromatic amines is 1. The zero-order chi connectivity index (χ0) is 15.7. The Hall–Kier alpha value is -2.33. The van der Waals surface area contributed by atoms with Gasteiger partial charge in [0.05, 0.1) is 11.3 Å². The van der Waals surface area contributed by atoms with Gasteiger partial charge in [-0.1, -0.05) is 57.9 Å². The number of rotatable bonds is 3. The van der Waals surface area contributed by atoms with Gasteiger partial charge in [-0.15, -0.1) is 0 Å². The van der Waals surface area contributed by atoms with E-state index < -0.39 is 5.97 Å². The molecule has 3 rings (SSSR count). The van der Waals surface area contributed by atoms with E-state index in [-0.39, 0.29) is 0 Å². The number of hydrogen-bond donors (Lipinski definition) is 2. The van der Waals surface area contributed by atoms with Gasteiger partial charge in [0.25, 0.3) is 0 Å². The predicted octanol–water partition coefficient (Wildman–Crippen LogP) is 5.11. The van der Waals surface area contributed by atoms with Gasteiger partial charge >= 0.3 is 5.97 Å². The van der Waals surface area contributed by atoms with Crippen LogP contribution in [0.3, 0.4) is 0 Å². The van der Waals surface area contributed by atoms with E-state index in [2.05, 4.69) is 20.9 Å². The van der Waals surface area contributed by atoms with E-state index in [1.807, 2.05) is 61.5 Å². The van der Waals surface area contributed by atoms with Crippen LogP contribution in [-0.2, 0) is 0 Å². The maximum Gasteiger partial charge on any atom is 0.338 e. The minimum Gasteiger partial charge on any atom is -0.478 e. The second-order valence-electron chi connectivity index (χ2n) is 5.15. The van der Waals surface area contributed by atoms with Crippen LogP contribution in [0.4, 0.5) is 0 Å². The summed E-state index contributed by atoms with van der Waals surface area (Å²) in [5, 5.41) is 10.2. The van der Waals surface area contributed by atoms with Crippen molar-refractivity contribution in [2.75, 3.05) is 0 Å². The average molecular weight is 356 g/mol. The summed E-state index contributed by atoms with van der Waals surface area (Å²) in [5.41, 5.74) is 3.92. The largest absolute Gasteiger partial charge is 0.478 e. The molecule has 0 unspecified atom stereocenters. The van der Waals surface area contributed by atoms with Gasteiger partial charge in [-0.2, -0.15) is 0 Å². The molecular weight excluding hydrogens is 342 g/mol. The molecule has 2 aromatic carbocycles. The Balaban J connectivity index is 2.07. The maximum atomic E-state index is 11.6. The third-order valence-corrected chi connectivity index (χ3v) is 4.02. The molecular formula is C18H14BrNO2. The third kappa shape index (κ3) is 2.83. The SMILES string of the molecule is Cc1ccc(/C=C/c2[nH]c3cc(Br)ccc3c2C(=O)O)cc1. The molecule has 3 aromatic rings. The molecule has 0 spiro atoms. The van der Waals surface area contributed by atoms with Crippen LogP contribution in [0.2, 0.25) is 0 Å². The highest BCUT2D eigenvalue weighted by molar-refractivity contribution is 9.10. The number of carbonyl (C=O) groups is 1. The summed E-state index contributed by atoms with van der Waals surface area (Å²) in [7, 11) is 0. The number of fused-ring (bicyclic) bond motifs is 1. The molecule has 3 nitrogen and oxygen atoms in total. The summed E-state index contributed by atoms with van der Waals surface area (Å²) < 4.78 is 0.909. The van der Waals surface area contributed by atoms with Crippen LogP contribution in [0.25, 0.3) is 23.1 Å². The summed E-state index contributed by atoms with van der Waals surface area (Å²) >= 11 is 3.40. The minimum absolute atomic E-state index is 0.297. The molecule has 0 saturated heterocycles. The lowest BCUT2D eigenvalue weighted by molar-refractivity contribution is 0.0699. The quantitative estimate of drug-likeness (QED) is 0.685. The average Bonchev–Trinajstić information content (AvgIpc) is 2.84. The van der Waals surface area contributed by atoms with Crippen LogP contribution in [0.1, 0.15) is 27.2 Å². The number of aromatic carboxylic acids is 1. The van der Waals surface area contributed by atoms with E-state index >= 15 is 0 Å². The van der Waals surface area contributed by atoms with E-state index in [1.165, 1.54) is 5.56 Å². The molecule has 0 saturated carbocycles. The Morgan fingerprint density at radius 3 is 2.55 bits per heavy atom. The lowest BCUT2D eigenvalue weighted by Gasteiger charge is -1.96. The van der Waals surface area contributed by atoms with Gasteiger partial charge in [-0.25, -0.2) is 4.79 Å². The number of aryl methyl sites for hydroxylation is 1. The van der Waals surface area contributed by atoms with Gasteiger partial charge in [0, 0.05) is 15.4 Å². The maximum absolute atomic E-state index is 11.6. The van der Waals surface area contributed by atoms with Gasteiger partial charge in [-0.3, -0.25) is 0 Å².